The molecule has 8 nitrogen and oxygen atoms in total. The summed E-state index contributed by atoms with van der Waals surface area (Å²) in [6.45, 7) is 1.83. The molecule has 4 rings (SSSR count). The number of H-pyrrole nitrogens is 1. The second-order valence-electron chi connectivity index (χ2n) is 7.15. The Morgan fingerprint density at radius 1 is 1.12 bits per heavy atom. The first kappa shape index (κ1) is 22.8. The average Bonchev–Trinajstić information content (AvgIpc) is 3.25. The number of hydrogen-bond acceptors (Lipinski definition) is 5. The molecule has 4 aromatic rings. The molecule has 2 N–H and O–H groups in total. The van der Waals surface area contributed by atoms with Gasteiger partial charge in [0.2, 0.25) is 0 Å². The number of nitrogens with zero attached hydrogens (tertiary/aromatic N) is 4. The van der Waals surface area contributed by atoms with Crippen LogP contribution in [0.15, 0.2) is 59.4 Å². The topological polar surface area (TPSA) is 106 Å². The van der Waals surface area contributed by atoms with Gasteiger partial charge >= 0.3 is 6.18 Å². The molecule has 0 fully saturated rings. The quantitative estimate of drug-likeness (QED) is 0.428. The van der Waals surface area contributed by atoms with Crippen LogP contribution in [0.1, 0.15) is 28.8 Å². The van der Waals surface area contributed by atoms with Gasteiger partial charge in [-0.15, -0.1) is 5.10 Å². The van der Waals surface area contributed by atoms with Gasteiger partial charge in [0.05, 0.1) is 5.69 Å². The third-order valence-corrected chi connectivity index (χ3v) is 4.78. The van der Waals surface area contributed by atoms with Gasteiger partial charge in [-0.25, -0.2) is 14.1 Å². The molecule has 0 saturated heterocycles. The molecule has 174 valence electrons. The number of carbonyl (C=O) groups excluding carboxylic acids is 1. The van der Waals surface area contributed by atoms with Crippen LogP contribution in [0.3, 0.4) is 0 Å². The number of hydrogen-bond donors (Lipinski definition) is 2. The minimum Gasteiger partial charge on any atom is -0.321 e. The van der Waals surface area contributed by atoms with E-state index < -0.39 is 29.3 Å². The Morgan fingerprint density at radius 3 is 2.53 bits per heavy atom. The molecule has 34 heavy (non-hydrogen) atoms. The molecule has 0 spiro atoms. The SMILES string of the molecule is CCc1cc(=O)[nH]c(-c2cccc(NC(=O)c3nnn(-c4ccc(F)cc4)c3C(F)(F)F)c2)n1. The maximum Gasteiger partial charge on any atom is 0.435 e. The molecule has 12 heteroatoms. The van der Waals surface area contributed by atoms with Crippen molar-refractivity contribution in [2.24, 2.45) is 0 Å². The van der Waals surface area contributed by atoms with Crippen LogP contribution >= 0.6 is 0 Å². The van der Waals surface area contributed by atoms with E-state index in [9.17, 15) is 27.2 Å². The monoisotopic (exact) mass is 472 g/mol. The van der Waals surface area contributed by atoms with E-state index in [0.29, 0.717) is 22.4 Å². The Balaban J connectivity index is 1.68. The molecule has 0 bridgehead atoms. The standard InChI is InChI=1S/C22H16F4N6O2/c1-2-14-11-17(33)29-20(27-14)12-4-3-5-15(10-12)28-21(34)18-19(22(24,25)26)32(31-30-18)16-8-6-13(23)7-9-16/h3-11H,2H2,1H3,(H,28,34)(H,27,29,33). The van der Waals surface area contributed by atoms with Gasteiger partial charge in [0, 0.05) is 23.0 Å². The van der Waals surface area contributed by atoms with E-state index >= 15 is 0 Å². The number of rotatable bonds is 5. The van der Waals surface area contributed by atoms with Crippen molar-refractivity contribution in [1.82, 2.24) is 25.0 Å². The summed E-state index contributed by atoms with van der Waals surface area (Å²) in [6, 6.07) is 11.5. The van der Waals surface area contributed by atoms with E-state index in [1.54, 1.807) is 12.1 Å². The summed E-state index contributed by atoms with van der Waals surface area (Å²) in [7, 11) is 0. The second kappa shape index (κ2) is 8.89. The summed E-state index contributed by atoms with van der Waals surface area (Å²) in [5, 5.41) is 9.24. The van der Waals surface area contributed by atoms with E-state index in [2.05, 4.69) is 25.6 Å². The van der Waals surface area contributed by atoms with Crippen LogP contribution in [0.5, 0.6) is 0 Å². The van der Waals surface area contributed by atoms with Crippen LogP contribution in [0.25, 0.3) is 17.1 Å². The van der Waals surface area contributed by atoms with Crippen LogP contribution in [-0.2, 0) is 12.6 Å². The number of aryl methyl sites for hydroxylation is 1. The van der Waals surface area contributed by atoms with Gasteiger partial charge in [0.25, 0.3) is 11.5 Å². The van der Waals surface area contributed by atoms with Gasteiger partial charge in [-0.3, -0.25) is 9.59 Å². The zero-order valence-electron chi connectivity index (χ0n) is 17.5. The first-order valence-corrected chi connectivity index (χ1v) is 9.96. The lowest BCUT2D eigenvalue weighted by atomic mass is 10.1. The maximum atomic E-state index is 13.8. The van der Waals surface area contributed by atoms with Gasteiger partial charge in [-0.05, 0) is 42.8 Å². The van der Waals surface area contributed by atoms with Gasteiger partial charge < -0.3 is 10.3 Å². The minimum atomic E-state index is -4.98. The summed E-state index contributed by atoms with van der Waals surface area (Å²) in [4.78, 5) is 31.5. The lowest BCUT2D eigenvalue weighted by Gasteiger charge is -2.11. The fourth-order valence-corrected chi connectivity index (χ4v) is 3.21. The van der Waals surface area contributed by atoms with Crippen molar-refractivity contribution in [3.8, 4) is 17.1 Å². The third-order valence-electron chi connectivity index (χ3n) is 4.78. The highest BCUT2D eigenvalue weighted by molar-refractivity contribution is 6.04. The number of alkyl halides is 3. The van der Waals surface area contributed by atoms with E-state index in [4.69, 9.17) is 0 Å². The van der Waals surface area contributed by atoms with E-state index in [1.807, 2.05) is 6.92 Å². The summed E-state index contributed by atoms with van der Waals surface area (Å²) >= 11 is 0. The predicted molar refractivity (Wildman–Crippen MR) is 114 cm³/mol. The van der Waals surface area contributed by atoms with Crippen LogP contribution in [-0.4, -0.2) is 30.9 Å². The molecular formula is C22H16F4N6O2. The van der Waals surface area contributed by atoms with Crippen molar-refractivity contribution in [2.75, 3.05) is 5.32 Å². The molecule has 2 aromatic carbocycles. The second-order valence-corrected chi connectivity index (χ2v) is 7.15. The summed E-state index contributed by atoms with van der Waals surface area (Å²) in [5.74, 6) is -1.55. The Morgan fingerprint density at radius 2 is 1.85 bits per heavy atom. The van der Waals surface area contributed by atoms with Gasteiger partial charge in [0.15, 0.2) is 11.4 Å². The third kappa shape index (κ3) is 4.70. The molecule has 0 saturated carbocycles. The summed E-state index contributed by atoms with van der Waals surface area (Å²) in [6.07, 6.45) is -4.45. The first-order valence-electron chi connectivity index (χ1n) is 9.96. The van der Waals surface area contributed by atoms with Crippen LogP contribution in [0, 0.1) is 5.82 Å². The molecule has 1 amide bonds. The van der Waals surface area contributed by atoms with Crippen LogP contribution in [0.2, 0.25) is 0 Å². The zero-order chi connectivity index (χ0) is 24.5. The molecule has 0 radical (unpaired) electrons. The summed E-state index contributed by atoms with van der Waals surface area (Å²) in [5.41, 5.74) is -1.69. The van der Waals surface area contributed by atoms with Gasteiger partial charge in [0.1, 0.15) is 11.6 Å². The van der Waals surface area contributed by atoms with Crippen LogP contribution < -0.4 is 10.9 Å². The highest BCUT2D eigenvalue weighted by Crippen LogP contribution is 2.33. The highest BCUT2D eigenvalue weighted by atomic mass is 19.4. The molecule has 0 atom stereocenters. The minimum absolute atomic E-state index is 0.117. The Hall–Kier alpha value is -4.35. The zero-order valence-corrected chi connectivity index (χ0v) is 17.5. The number of benzene rings is 2. The van der Waals surface area contributed by atoms with Crippen molar-refractivity contribution in [1.29, 1.82) is 0 Å². The van der Waals surface area contributed by atoms with Crippen molar-refractivity contribution in [3.05, 3.63) is 87.9 Å². The number of halogens is 4. The summed E-state index contributed by atoms with van der Waals surface area (Å²) < 4.78 is 55.0. The molecule has 2 heterocycles. The number of aromatic amines is 1. The van der Waals surface area contributed by atoms with Crippen molar-refractivity contribution in [2.45, 2.75) is 19.5 Å². The number of aromatic nitrogens is 5. The lowest BCUT2D eigenvalue weighted by molar-refractivity contribution is -0.143. The van der Waals surface area contributed by atoms with Crippen molar-refractivity contribution in [3.63, 3.8) is 0 Å². The number of anilines is 1. The smallest absolute Gasteiger partial charge is 0.321 e. The highest BCUT2D eigenvalue weighted by Gasteiger charge is 2.42. The number of amides is 1. The molecule has 0 aliphatic carbocycles. The Labute approximate surface area is 189 Å². The van der Waals surface area contributed by atoms with E-state index in [1.165, 1.54) is 18.2 Å². The Kier molecular flexibility index (Phi) is 5.97. The maximum absolute atomic E-state index is 13.8. The number of carbonyl (C=O) groups is 1. The fraction of sp³-hybridized carbons (Fsp3) is 0.136. The molecular weight excluding hydrogens is 456 g/mol. The lowest BCUT2D eigenvalue weighted by Crippen LogP contribution is -2.21. The first-order chi connectivity index (χ1) is 16.2. The largest absolute Gasteiger partial charge is 0.435 e. The van der Waals surface area contributed by atoms with Crippen molar-refractivity contribution < 1.29 is 22.4 Å². The molecule has 0 aliphatic rings. The van der Waals surface area contributed by atoms with Gasteiger partial charge in [-0.1, -0.05) is 24.3 Å². The molecule has 2 aromatic heterocycles. The average molecular weight is 472 g/mol. The van der Waals surface area contributed by atoms with E-state index in [0.717, 1.165) is 24.3 Å². The normalized spacial score (nSPS) is 11.4. The predicted octanol–water partition coefficient (Wildman–Crippen LogP) is 3.99. The molecule has 0 aliphatic heterocycles. The molecule has 0 unspecified atom stereocenters. The van der Waals surface area contributed by atoms with E-state index in [-0.39, 0.29) is 22.8 Å². The fourth-order valence-electron chi connectivity index (χ4n) is 3.21. The van der Waals surface area contributed by atoms with Gasteiger partial charge in [-0.2, -0.15) is 13.2 Å². The van der Waals surface area contributed by atoms with Crippen LogP contribution in [0.4, 0.5) is 23.2 Å². The Bertz CT molecular complexity index is 1410. The number of nitrogens with one attached hydrogen (secondary N) is 2. The van der Waals surface area contributed by atoms with Crippen molar-refractivity contribution >= 4 is 11.6 Å².